The van der Waals surface area contributed by atoms with Crippen molar-refractivity contribution >= 4 is 23.4 Å². The van der Waals surface area contributed by atoms with Crippen LogP contribution < -0.4 is 0 Å². The van der Waals surface area contributed by atoms with Gasteiger partial charge in [-0.3, -0.25) is 4.57 Å². The second-order valence-electron chi connectivity index (χ2n) is 4.98. The van der Waals surface area contributed by atoms with E-state index in [1.165, 1.54) is 5.56 Å². The molecule has 3 nitrogen and oxygen atoms in total. The van der Waals surface area contributed by atoms with Crippen molar-refractivity contribution in [1.29, 1.82) is 0 Å². The number of rotatable bonds is 6. The van der Waals surface area contributed by atoms with Gasteiger partial charge in [0.2, 0.25) is 0 Å². The molecule has 5 heteroatoms. The van der Waals surface area contributed by atoms with Gasteiger partial charge in [0, 0.05) is 16.3 Å². The number of halogens is 1. The monoisotopic (exact) mass is 341 g/mol. The second-order valence-corrected chi connectivity index (χ2v) is 6.41. The zero-order valence-electron chi connectivity index (χ0n) is 12.5. The first-order chi connectivity index (χ1) is 11.3. The molecular weight excluding hydrogens is 326 g/mol. The Hall–Kier alpha value is -2.04. The maximum Gasteiger partial charge on any atom is 0.192 e. The van der Waals surface area contributed by atoms with E-state index in [4.69, 9.17) is 11.6 Å². The van der Waals surface area contributed by atoms with Crippen LogP contribution in [-0.4, -0.2) is 20.5 Å². The van der Waals surface area contributed by atoms with Gasteiger partial charge in [0.05, 0.1) is 6.54 Å². The van der Waals surface area contributed by atoms with Crippen molar-refractivity contribution in [3.05, 3.63) is 77.8 Å². The number of hydrogen-bond donors (Lipinski definition) is 0. The number of benzene rings is 2. The standard InChI is InChI=1S/C18H16ClN3S/c1-2-12-23-18-21-20-17(15-8-10-16(19)11-9-15)22(18)13-14-6-4-3-5-7-14/h2-11H,1,12-13H2. The maximum absolute atomic E-state index is 5.98. The molecule has 0 unspecified atom stereocenters. The first-order valence-corrected chi connectivity index (χ1v) is 8.61. The summed E-state index contributed by atoms with van der Waals surface area (Å²) >= 11 is 7.61. The van der Waals surface area contributed by atoms with E-state index in [0.29, 0.717) is 5.02 Å². The Morgan fingerprint density at radius 2 is 1.78 bits per heavy atom. The normalized spacial score (nSPS) is 10.7. The van der Waals surface area contributed by atoms with Crippen LogP contribution in [0.2, 0.25) is 5.02 Å². The van der Waals surface area contributed by atoms with E-state index in [2.05, 4.69) is 33.5 Å². The molecule has 116 valence electrons. The van der Waals surface area contributed by atoms with Gasteiger partial charge in [0.1, 0.15) is 0 Å². The Labute approximate surface area is 145 Å². The second kappa shape index (κ2) is 7.49. The van der Waals surface area contributed by atoms with Crippen molar-refractivity contribution < 1.29 is 0 Å². The molecule has 0 saturated heterocycles. The molecule has 1 heterocycles. The molecular formula is C18H16ClN3S. The van der Waals surface area contributed by atoms with Crippen LogP contribution in [0, 0.1) is 0 Å². The summed E-state index contributed by atoms with van der Waals surface area (Å²) in [5, 5.41) is 10.3. The quantitative estimate of drug-likeness (QED) is 0.470. The molecule has 0 spiro atoms. The average Bonchev–Trinajstić information content (AvgIpc) is 2.97. The van der Waals surface area contributed by atoms with Gasteiger partial charge in [0.15, 0.2) is 11.0 Å². The van der Waals surface area contributed by atoms with E-state index in [1.807, 2.05) is 48.5 Å². The molecule has 2 aromatic carbocycles. The smallest absolute Gasteiger partial charge is 0.192 e. The van der Waals surface area contributed by atoms with Crippen LogP contribution in [-0.2, 0) is 6.54 Å². The maximum atomic E-state index is 5.98. The lowest BCUT2D eigenvalue weighted by Crippen LogP contribution is -2.04. The predicted octanol–water partition coefficient (Wildman–Crippen LogP) is 4.92. The molecule has 0 aliphatic rings. The summed E-state index contributed by atoms with van der Waals surface area (Å²) in [4.78, 5) is 0. The van der Waals surface area contributed by atoms with E-state index in [-0.39, 0.29) is 0 Å². The van der Waals surface area contributed by atoms with Gasteiger partial charge in [-0.1, -0.05) is 59.8 Å². The highest BCUT2D eigenvalue weighted by Crippen LogP contribution is 2.26. The molecule has 0 bridgehead atoms. The van der Waals surface area contributed by atoms with Crippen molar-refractivity contribution in [3.8, 4) is 11.4 Å². The number of thioether (sulfide) groups is 1. The lowest BCUT2D eigenvalue weighted by atomic mass is 10.2. The molecule has 0 saturated carbocycles. The van der Waals surface area contributed by atoms with Crippen molar-refractivity contribution in [2.75, 3.05) is 5.75 Å². The lowest BCUT2D eigenvalue weighted by Gasteiger charge is -2.10. The summed E-state index contributed by atoms with van der Waals surface area (Å²) in [6.45, 7) is 4.50. The van der Waals surface area contributed by atoms with Crippen molar-refractivity contribution in [3.63, 3.8) is 0 Å². The molecule has 0 atom stereocenters. The molecule has 1 aromatic heterocycles. The molecule has 0 N–H and O–H groups in total. The zero-order valence-corrected chi connectivity index (χ0v) is 14.1. The van der Waals surface area contributed by atoms with Gasteiger partial charge in [0.25, 0.3) is 0 Å². The molecule has 0 fully saturated rings. The first kappa shape index (κ1) is 15.8. The molecule has 0 radical (unpaired) electrons. The minimum absolute atomic E-state index is 0.712. The van der Waals surface area contributed by atoms with Gasteiger partial charge in [-0.25, -0.2) is 0 Å². The zero-order chi connectivity index (χ0) is 16.1. The third kappa shape index (κ3) is 3.84. The highest BCUT2D eigenvalue weighted by molar-refractivity contribution is 7.99. The highest BCUT2D eigenvalue weighted by atomic mass is 35.5. The minimum Gasteiger partial charge on any atom is -0.298 e. The Morgan fingerprint density at radius 3 is 2.48 bits per heavy atom. The summed E-state index contributed by atoms with van der Waals surface area (Å²) in [7, 11) is 0. The molecule has 23 heavy (non-hydrogen) atoms. The summed E-state index contributed by atoms with van der Waals surface area (Å²) < 4.78 is 2.13. The number of hydrogen-bond acceptors (Lipinski definition) is 3. The van der Waals surface area contributed by atoms with Crippen LogP contribution in [0.3, 0.4) is 0 Å². The molecule has 0 aliphatic carbocycles. The van der Waals surface area contributed by atoms with Gasteiger partial charge < -0.3 is 0 Å². The van der Waals surface area contributed by atoms with E-state index in [9.17, 15) is 0 Å². The summed E-state index contributed by atoms with van der Waals surface area (Å²) in [6, 6.07) is 18.0. The third-order valence-electron chi connectivity index (χ3n) is 3.33. The van der Waals surface area contributed by atoms with Crippen LogP contribution in [0.1, 0.15) is 5.56 Å². The first-order valence-electron chi connectivity index (χ1n) is 7.24. The number of nitrogens with zero attached hydrogens (tertiary/aromatic N) is 3. The van der Waals surface area contributed by atoms with Gasteiger partial charge in [-0.2, -0.15) is 0 Å². The fraction of sp³-hybridized carbons (Fsp3) is 0.111. The lowest BCUT2D eigenvalue weighted by molar-refractivity contribution is 0.715. The van der Waals surface area contributed by atoms with Crippen LogP contribution in [0.5, 0.6) is 0 Å². The summed E-state index contributed by atoms with van der Waals surface area (Å²) in [5.74, 6) is 1.64. The Morgan fingerprint density at radius 1 is 1.04 bits per heavy atom. The molecule has 3 rings (SSSR count). The van der Waals surface area contributed by atoms with E-state index in [1.54, 1.807) is 11.8 Å². The van der Waals surface area contributed by atoms with E-state index >= 15 is 0 Å². The van der Waals surface area contributed by atoms with Crippen LogP contribution in [0.25, 0.3) is 11.4 Å². The largest absolute Gasteiger partial charge is 0.298 e. The number of aromatic nitrogens is 3. The van der Waals surface area contributed by atoms with Crippen LogP contribution >= 0.6 is 23.4 Å². The van der Waals surface area contributed by atoms with Crippen molar-refractivity contribution in [1.82, 2.24) is 14.8 Å². The Balaban J connectivity index is 2.00. The summed E-state index contributed by atoms with van der Waals surface area (Å²) in [6.07, 6.45) is 1.87. The SMILES string of the molecule is C=CCSc1nnc(-c2ccc(Cl)cc2)n1Cc1ccccc1. The Bertz CT molecular complexity index is 782. The van der Waals surface area contributed by atoms with Crippen molar-refractivity contribution in [2.45, 2.75) is 11.7 Å². The molecule has 0 aliphatic heterocycles. The van der Waals surface area contributed by atoms with Gasteiger partial charge in [-0.05, 0) is 29.8 Å². The van der Waals surface area contributed by atoms with Crippen LogP contribution in [0.15, 0.2) is 72.4 Å². The fourth-order valence-electron chi connectivity index (χ4n) is 2.25. The third-order valence-corrected chi connectivity index (χ3v) is 4.55. The van der Waals surface area contributed by atoms with Gasteiger partial charge >= 0.3 is 0 Å². The molecule has 3 aromatic rings. The van der Waals surface area contributed by atoms with Crippen LogP contribution in [0.4, 0.5) is 0 Å². The fourth-order valence-corrected chi connectivity index (χ4v) is 3.05. The minimum atomic E-state index is 0.712. The topological polar surface area (TPSA) is 30.7 Å². The predicted molar refractivity (Wildman–Crippen MR) is 96.9 cm³/mol. The van der Waals surface area contributed by atoms with Crippen molar-refractivity contribution in [2.24, 2.45) is 0 Å². The van der Waals surface area contributed by atoms with Gasteiger partial charge in [-0.15, -0.1) is 16.8 Å². The molecule has 0 amide bonds. The summed E-state index contributed by atoms with van der Waals surface area (Å²) in [5.41, 5.74) is 2.21. The average molecular weight is 342 g/mol. The Kier molecular flexibility index (Phi) is 5.16. The van der Waals surface area contributed by atoms with E-state index in [0.717, 1.165) is 28.8 Å². The van der Waals surface area contributed by atoms with E-state index < -0.39 is 0 Å². The highest BCUT2D eigenvalue weighted by Gasteiger charge is 2.14.